The van der Waals surface area contributed by atoms with E-state index in [2.05, 4.69) is 16.0 Å². The Labute approximate surface area is 240 Å². The third-order valence-electron chi connectivity index (χ3n) is 7.57. The van der Waals surface area contributed by atoms with Crippen molar-refractivity contribution in [3.05, 3.63) is 71.5 Å². The fourth-order valence-electron chi connectivity index (χ4n) is 5.19. The molecule has 4 amide bonds. The van der Waals surface area contributed by atoms with E-state index in [0.717, 1.165) is 11.1 Å². The molecule has 216 valence electrons. The Kier molecular flexibility index (Phi) is 11.0. The van der Waals surface area contributed by atoms with Gasteiger partial charge in [0.15, 0.2) is 0 Å². The Morgan fingerprint density at radius 3 is 2.38 bits per heavy atom. The van der Waals surface area contributed by atoms with Gasteiger partial charge in [-0.1, -0.05) is 42.5 Å². The average Bonchev–Trinajstić information content (AvgIpc) is 3.36. The van der Waals surface area contributed by atoms with Crippen LogP contribution in [0.4, 0.5) is 4.39 Å². The Balaban J connectivity index is 0.00000441. The second-order valence-corrected chi connectivity index (χ2v) is 10.2. The van der Waals surface area contributed by atoms with Crippen molar-refractivity contribution in [3.8, 4) is 0 Å². The van der Waals surface area contributed by atoms with Crippen molar-refractivity contribution >= 4 is 36.0 Å². The molecule has 4 atom stereocenters. The van der Waals surface area contributed by atoms with E-state index >= 15 is 0 Å². The van der Waals surface area contributed by atoms with Gasteiger partial charge >= 0.3 is 0 Å². The lowest BCUT2D eigenvalue weighted by Gasteiger charge is -2.39. The zero-order valence-corrected chi connectivity index (χ0v) is 23.6. The molecule has 9 nitrogen and oxygen atoms in total. The van der Waals surface area contributed by atoms with Gasteiger partial charge < -0.3 is 25.8 Å². The molecule has 0 bridgehead atoms. The van der Waals surface area contributed by atoms with Gasteiger partial charge in [-0.05, 0) is 56.5 Å². The second-order valence-electron chi connectivity index (χ2n) is 10.2. The summed E-state index contributed by atoms with van der Waals surface area (Å²) in [6.45, 7) is 2.34. The van der Waals surface area contributed by atoms with Crippen LogP contribution in [0.5, 0.6) is 0 Å². The number of amides is 4. The Bertz CT molecular complexity index is 1180. The van der Waals surface area contributed by atoms with E-state index < -0.39 is 18.1 Å². The summed E-state index contributed by atoms with van der Waals surface area (Å²) in [5.41, 5.74) is 1.62. The zero-order chi connectivity index (χ0) is 27.9. The zero-order valence-electron chi connectivity index (χ0n) is 22.8. The fourth-order valence-corrected chi connectivity index (χ4v) is 5.19. The maximum absolute atomic E-state index is 13.9. The highest BCUT2D eigenvalue weighted by molar-refractivity contribution is 5.94. The molecule has 2 saturated heterocycles. The molecule has 0 radical (unpaired) electrons. The first-order valence-corrected chi connectivity index (χ1v) is 13.4. The third-order valence-corrected chi connectivity index (χ3v) is 7.57. The van der Waals surface area contributed by atoms with Crippen LogP contribution < -0.4 is 16.0 Å². The summed E-state index contributed by atoms with van der Waals surface area (Å²) in [4.78, 5) is 56.4. The first kappa shape index (κ1) is 31.0. The highest BCUT2D eigenvalue weighted by Gasteiger charge is 2.45. The molecule has 0 aliphatic carbocycles. The fraction of sp³-hybridized carbons (Fsp3) is 0.448. The molecule has 2 aliphatic heterocycles. The normalized spacial score (nSPS) is 21.4. The number of carbonyl (C=O) groups excluding carboxylic acids is 4. The van der Waals surface area contributed by atoms with Crippen molar-refractivity contribution in [2.24, 2.45) is 0 Å². The largest absolute Gasteiger partial charge is 0.350 e. The summed E-state index contributed by atoms with van der Waals surface area (Å²) in [6.07, 6.45) is 1.85. The third kappa shape index (κ3) is 7.57. The van der Waals surface area contributed by atoms with Gasteiger partial charge in [0.2, 0.25) is 23.6 Å². The monoisotopic (exact) mass is 573 g/mol. The number of halogens is 2. The van der Waals surface area contributed by atoms with Crippen molar-refractivity contribution in [2.45, 2.75) is 63.3 Å². The van der Waals surface area contributed by atoms with Crippen LogP contribution in [0.2, 0.25) is 0 Å². The van der Waals surface area contributed by atoms with E-state index in [1.165, 1.54) is 12.1 Å². The molecule has 0 saturated carbocycles. The number of carbonyl (C=O) groups is 4. The minimum absolute atomic E-state index is 0. The molecule has 2 heterocycles. The standard InChI is InChI=1S/C29H36FN5O4.ClH/c1-19(31-2)27(37)33-24-18-34(26(36)16-20-6-4-3-5-7-20)15-14-23-12-13-25(35(23)29(24)39)28(38)32-17-21-8-10-22(30)11-9-21;/h3-11,19,23-25,31H,12-18H2,1-2H3,(H,32,38)(H,33,37);1H/t19-,23+,24?,25-;/m0./s1. The highest BCUT2D eigenvalue weighted by Crippen LogP contribution is 2.29. The van der Waals surface area contributed by atoms with Crippen LogP contribution in [0.1, 0.15) is 37.3 Å². The molecular formula is C29H37ClFN5O4. The molecule has 0 spiro atoms. The highest BCUT2D eigenvalue weighted by atomic mass is 35.5. The lowest BCUT2D eigenvalue weighted by atomic mass is 10.0. The van der Waals surface area contributed by atoms with Crippen molar-refractivity contribution in [3.63, 3.8) is 0 Å². The molecule has 4 rings (SSSR count). The van der Waals surface area contributed by atoms with Crippen molar-refractivity contribution in [1.82, 2.24) is 25.8 Å². The summed E-state index contributed by atoms with van der Waals surface area (Å²) in [6, 6.07) is 12.8. The minimum atomic E-state index is -0.985. The van der Waals surface area contributed by atoms with Gasteiger partial charge in [0.25, 0.3) is 0 Å². The van der Waals surface area contributed by atoms with E-state index in [-0.39, 0.29) is 67.4 Å². The molecule has 2 aromatic rings. The second kappa shape index (κ2) is 14.2. The number of hydrogen-bond acceptors (Lipinski definition) is 5. The molecule has 2 aromatic carbocycles. The lowest BCUT2D eigenvalue weighted by molar-refractivity contribution is -0.147. The smallest absolute Gasteiger partial charge is 0.247 e. The Hall–Kier alpha value is -3.50. The number of nitrogens with one attached hydrogen (secondary N) is 3. The van der Waals surface area contributed by atoms with Gasteiger partial charge in [0.1, 0.15) is 17.9 Å². The lowest BCUT2D eigenvalue weighted by Crippen LogP contribution is -2.62. The van der Waals surface area contributed by atoms with E-state index in [0.29, 0.717) is 25.8 Å². The predicted octanol–water partition coefficient (Wildman–Crippen LogP) is 1.79. The first-order chi connectivity index (χ1) is 18.8. The van der Waals surface area contributed by atoms with Crippen molar-refractivity contribution < 1.29 is 23.6 Å². The molecule has 1 unspecified atom stereocenters. The molecule has 2 aliphatic rings. The van der Waals surface area contributed by atoms with Gasteiger partial charge in [0.05, 0.1) is 12.5 Å². The molecular weight excluding hydrogens is 537 g/mol. The van der Waals surface area contributed by atoms with Gasteiger partial charge in [-0.15, -0.1) is 12.4 Å². The van der Waals surface area contributed by atoms with Crippen LogP contribution in [0.3, 0.4) is 0 Å². The van der Waals surface area contributed by atoms with E-state index in [1.807, 2.05) is 30.3 Å². The van der Waals surface area contributed by atoms with E-state index in [4.69, 9.17) is 0 Å². The van der Waals surface area contributed by atoms with Crippen LogP contribution in [-0.2, 0) is 32.1 Å². The maximum Gasteiger partial charge on any atom is 0.247 e. The van der Waals surface area contributed by atoms with Crippen LogP contribution >= 0.6 is 12.4 Å². The molecule has 2 fully saturated rings. The van der Waals surface area contributed by atoms with Gasteiger partial charge in [0, 0.05) is 25.7 Å². The number of rotatable bonds is 8. The predicted molar refractivity (Wildman–Crippen MR) is 151 cm³/mol. The molecule has 40 heavy (non-hydrogen) atoms. The van der Waals surface area contributed by atoms with E-state index in [9.17, 15) is 23.6 Å². The quantitative estimate of drug-likeness (QED) is 0.446. The molecule has 3 N–H and O–H groups in total. The van der Waals surface area contributed by atoms with Gasteiger partial charge in [-0.25, -0.2) is 4.39 Å². The summed E-state index contributed by atoms with van der Waals surface area (Å²) in [5.74, 6) is -1.49. The number of likely N-dealkylation sites (N-methyl/N-ethyl adjacent to an activating group) is 1. The minimum Gasteiger partial charge on any atom is -0.350 e. The summed E-state index contributed by atoms with van der Waals surface area (Å²) in [5, 5.41) is 8.56. The summed E-state index contributed by atoms with van der Waals surface area (Å²) in [7, 11) is 1.65. The van der Waals surface area contributed by atoms with Crippen LogP contribution in [-0.4, -0.2) is 77.7 Å². The van der Waals surface area contributed by atoms with Crippen molar-refractivity contribution in [2.75, 3.05) is 20.1 Å². The van der Waals surface area contributed by atoms with Crippen LogP contribution in [0.25, 0.3) is 0 Å². The Morgan fingerprint density at radius 1 is 1.00 bits per heavy atom. The topological polar surface area (TPSA) is 111 Å². The first-order valence-electron chi connectivity index (χ1n) is 13.4. The maximum atomic E-state index is 13.9. The number of hydrogen-bond donors (Lipinski definition) is 3. The van der Waals surface area contributed by atoms with Crippen LogP contribution in [0.15, 0.2) is 54.6 Å². The SMILES string of the molecule is CN[C@@H](C)C(=O)NC1CN(C(=O)Cc2ccccc2)CC[C@H]2CC[C@@H](C(=O)NCc3ccc(F)cc3)N2C1=O.Cl. The van der Waals surface area contributed by atoms with Crippen molar-refractivity contribution in [1.29, 1.82) is 0 Å². The van der Waals surface area contributed by atoms with E-state index in [1.54, 1.807) is 35.9 Å². The molecule has 11 heteroatoms. The molecule has 0 aromatic heterocycles. The number of nitrogens with zero attached hydrogens (tertiary/aromatic N) is 2. The summed E-state index contributed by atoms with van der Waals surface area (Å²) < 4.78 is 13.2. The Morgan fingerprint density at radius 2 is 1.70 bits per heavy atom. The number of fused-ring (bicyclic) bond motifs is 1. The summed E-state index contributed by atoms with van der Waals surface area (Å²) >= 11 is 0. The van der Waals surface area contributed by atoms with Gasteiger partial charge in [-0.2, -0.15) is 0 Å². The number of benzene rings is 2. The van der Waals surface area contributed by atoms with Gasteiger partial charge in [-0.3, -0.25) is 19.2 Å². The van der Waals surface area contributed by atoms with Crippen LogP contribution in [0, 0.1) is 5.82 Å². The average molecular weight is 574 g/mol.